The Hall–Kier alpha value is -1.02. The van der Waals surface area contributed by atoms with Crippen LogP contribution in [0.25, 0.3) is 0 Å². The second kappa shape index (κ2) is 6.24. The van der Waals surface area contributed by atoms with Gasteiger partial charge >= 0.3 is 0 Å². The van der Waals surface area contributed by atoms with Crippen LogP contribution in [-0.2, 0) is 6.54 Å². The first kappa shape index (κ1) is 13.4. The Kier molecular flexibility index (Phi) is 4.65. The SMILES string of the molecule is CCN(Cc1cc(C)ccc1N)C1CCCCC1. The molecule has 0 aliphatic heterocycles. The number of nitrogens with zero attached hydrogens (tertiary/aromatic N) is 1. The molecule has 0 radical (unpaired) electrons. The number of anilines is 1. The summed E-state index contributed by atoms with van der Waals surface area (Å²) in [5, 5.41) is 0. The molecule has 1 saturated carbocycles. The van der Waals surface area contributed by atoms with Gasteiger partial charge in [-0.25, -0.2) is 0 Å². The highest BCUT2D eigenvalue weighted by Crippen LogP contribution is 2.25. The number of nitrogens with two attached hydrogens (primary N) is 1. The third-order valence-corrected chi connectivity index (χ3v) is 4.17. The molecule has 0 bridgehead atoms. The van der Waals surface area contributed by atoms with Crippen molar-refractivity contribution in [3.8, 4) is 0 Å². The fourth-order valence-electron chi connectivity index (χ4n) is 3.04. The molecule has 2 N–H and O–H groups in total. The molecule has 2 rings (SSSR count). The number of hydrogen-bond acceptors (Lipinski definition) is 2. The first-order valence-corrected chi connectivity index (χ1v) is 7.29. The van der Waals surface area contributed by atoms with E-state index in [0.717, 1.165) is 24.8 Å². The molecule has 1 aromatic carbocycles. The van der Waals surface area contributed by atoms with Crippen LogP contribution in [0.2, 0.25) is 0 Å². The quantitative estimate of drug-likeness (QED) is 0.820. The summed E-state index contributed by atoms with van der Waals surface area (Å²) in [4.78, 5) is 2.60. The van der Waals surface area contributed by atoms with E-state index in [9.17, 15) is 0 Å². The summed E-state index contributed by atoms with van der Waals surface area (Å²) in [6, 6.07) is 7.14. The highest BCUT2D eigenvalue weighted by atomic mass is 15.1. The zero-order chi connectivity index (χ0) is 13.0. The number of aryl methyl sites for hydroxylation is 1. The predicted molar refractivity (Wildman–Crippen MR) is 78.5 cm³/mol. The maximum atomic E-state index is 6.10. The van der Waals surface area contributed by atoms with Gasteiger partial charge in [0.25, 0.3) is 0 Å². The van der Waals surface area contributed by atoms with Crippen LogP contribution in [0.5, 0.6) is 0 Å². The van der Waals surface area contributed by atoms with Crippen LogP contribution in [-0.4, -0.2) is 17.5 Å². The van der Waals surface area contributed by atoms with Crippen molar-refractivity contribution in [2.75, 3.05) is 12.3 Å². The highest BCUT2D eigenvalue weighted by molar-refractivity contribution is 5.48. The minimum atomic E-state index is 0.767. The zero-order valence-electron chi connectivity index (χ0n) is 11.8. The van der Waals surface area contributed by atoms with Crippen molar-refractivity contribution in [2.24, 2.45) is 0 Å². The third kappa shape index (κ3) is 3.26. The average molecular weight is 246 g/mol. The van der Waals surface area contributed by atoms with E-state index >= 15 is 0 Å². The molecule has 2 nitrogen and oxygen atoms in total. The molecule has 1 aliphatic carbocycles. The smallest absolute Gasteiger partial charge is 0.0359 e. The van der Waals surface area contributed by atoms with Gasteiger partial charge in [0.1, 0.15) is 0 Å². The van der Waals surface area contributed by atoms with E-state index in [0.29, 0.717) is 0 Å². The Balaban J connectivity index is 2.06. The minimum Gasteiger partial charge on any atom is -0.398 e. The van der Waals surface area contributed by atoms with Crippen LogP contribution >= 0.6 is 0 Å². The Bertz CT molecular complexity index is 381. The van der Waals surface area contributed by atoms with Gasteiger partial charge < -0.3 is 5.73 Å². The summed E-state index contributed by atoms with van der Waals surface area (Å²) in [7, 11) is 0. The van der Waals surface area contributed by atoms with E-state index < -0.39 is 0 Å². The van der Waals surface area contributed by atoms with Gasteiger partial charge in [-0.15, -0.1) is 0 Å². The van der Waals surface area contributed by atoms with Gasteiger partial charge in [-0.3, -0.25) is 4.90 Å². The molecule has 1 aliphatic rings. The maximum Gasteiger partial charge on any atom is 0.0359 e. The fraction of sp³-hybridized carbons (Fsp3) is 0.625. The van der Waals surface area contributed by atoms with Crippen LogP contribution in [0.3, 0.4) is 0 Å². The van der Waals surface area contributed by atoms with Gasteiger partial charge in [0, 0.05) is 18.3 Å². The lowest BCUT2D eigenvalue weighted by Gasteiger charge is -2.33. The van der Waals surface area contributed by atoms with Crippen molar-refractivity contribution in [3.05, 3.63) is 29.3 Å². The van der Waals surface area contributed by atoms with E-state index in [1.807, 2.05) is 6.07 Å². The van der Waals surface area contributed by atoms with Gasteiger partial charge in [-0.1, -0.05) is 43.9 Å². The number of benzene rings is 1. The first-order valence-electron chi connectivity index (χ1n) is 7.29. The molecule has 1 aromatic rings. The lowest BCUT2D eigenvalue weighted by atomic mass is 9.93. The van der Waals surface area contributed by atoms with Crippen LogP contribution < -0.4 is 5.73 Å². The summed E-state index contributed by atoms with van der Waals surface area (Å²) in [6.07, 6.45) is 6.93. The number of hydrogen-bond donors (Lipinski definition) is 1. The van der Waals surface area contributed by atoms with Gasteiger partial charge in [0.05, 0.1) is 0 Å². The number of nitrogen functional groups attached to an aromatic ring is 1. The van der Waals surface area contributed by atoms with E-state index in [4.69, 9.17) is 5.73 Å². The molecule has 0 amide bonds. The summed E-state index contributed by atoms with van der Waals surface area (Å²) >= 11 is 0. The van der Waals surface area contributed by atoms with Crippen LogP contribution in [0.4, 0.5) is 5.69 Å². The molecule has 1 fully saturated rings. The van der Waals surface area contributed by atoms with E-state index in [-0.39, 0.29) is 0 Å². The van der Waals surface area contributed by atoms with E-state index in [1.54, 1.807) is 0 Å². The molecular formula is C16H26N2. The van der Waals surface area contributed by atoms with Crippen molar-refractivity contribution in [3.63, 3.8) is 0 Å². The van der Waals surface area contributed by atoms with E-state index in [2.05, 4.69) is 30.9 Å². The molecule has 0 aromatic heterocycles. The topological polar surface area (TPSA) is 29.3 Å². The molecule has 18 heavy (non-hydrogen) atoms. The second-order valence-electron chi connectivity index (χ2n) is 5.56. The second-order valence-corrected chi connectivity index (χ2v) is 5.56. The lowest BCUT2D eigenvalue weighted by Crippen LogP contribution is -2.36. The monoisotopic (exact) mass is 246 g/mol. The van der Waals surface area contributed by atoms with Crippen LogP contribution in [0, 0.1) is 6.92 Å². The fourth-order valence-corrected chi connectivity index (χ4v) is 3.04. The summed E-state index contributed by atoms with van der Waals surface area (Å²) in [5.41, 5.74) is 9.63. The molecular weight excluding hydrogens is 220 g/mol. The van der Waals surface area contributed by atoms with Crippen molar-refractivity contribution < 1.29 is 0 Å². The molecule has 0 saturated heterocycles. The predicted octanol–water partition coefficient (Wildman–Crippen LogP) is 3.73. The minimum absolute atomic E-state index is 0.767. The maximum absolute atomic E-state index is 6.10. The van der Waals surface area contributed by atoms with Crippen molar-refractivity contribution in [1.29, 1.82) is 0 Å². The standard InChI is InChI=1S/C16H26N2/c1-3-18(15-7-5-4-6-8-15)12-14-11-13(2)9-10-16(14)17/h9-11,15H,3-8,12,17H2,1-2H3. The molecule has 0 heterocycles. The van der Waals surface area contributed by atoms with Crippen molar-refractivity contribution in [2.45, 2.75) is 58.5 Å². The van der Waals surface area contributed by atoms with Gasteiger partial charge in [0.15, 0.2) is 0 Å². The Morgan fingerprint density at radius 1 is 1.22 bits per heavy atom. The van der Waals surface area contributed by atoms with Gasteiger partial charge in [-0.2, -0.15) is 0 Å². The summed E-state index contributed by atoms with van der Waals surface area (Å²) in [6.45, 7) is 6.53. The first-order chi connectivity index (χ1) is 8.70. The molecule has 2 heteroatoms. The van der Waals surface area contributed by atoms with Crippen LogP contribution in [0.15, 0.2) is 18.2 Å². The molecule has 0 unspecified atom stereocenters. The van der Waals surface area contributed by atoms with Gasteiger partial charge in [0.2, 0.25) is 0 Å². The Morgan fingerprint density at radius 3 is 2.61 bits per heavy atom. The van der Waals surface area contributed by atoms with Crippen molar-refractivity contribution >= 4 is 5.69 Å². The normalized spacial score (nSPS) is 17.3. The molecule has 100 valence electrons. The summed E-state index contributed by atoms with van der Waals surface area (Å²) < 4.78 is 0. The average Bonchev–Trinajstić information content (AvgIpc) is 2.41. The zero-order valence-corrected chi connectivity index (χ0v) is 11.8. The van der Waals surface area contributed by atoms with Crippen molar-refractivity contribution in [1.82, 2.24) is 4.90 Å². The largest absolute Gasteiger partial charge is 0.398 e. The Morgan fingerprint density at radius 2 is 1.94 bits per heavy atom. The molecule has 0 atom stereocenters. The summed E-state index contributed by atoms with van der Waals surface area (Å²) in [5.74, 6) is 0. The number of rotatable bonds is 4. The molecule has 0 spiro atoms. The van der Waals surface area contributed by atoms with Gasteiger partial charge in [-0.05, 0) is 37.9 Å². The van der Waals surface area contributed by atoms with Crippen LogP contribution in [0.1, 0.15) is 50.2 Å². The third-order valence-electron chi connectivity index (χ3n) is 4.17. The Labute approximate surface area is 111 Å². The highest BCUT2D eigenvalue weighted by Gasteiger charge is 2.20. The lowest BCUT2D eigenvalue weighted by molar-refractivity contribution is 0.156. The van der Waals surface area contributed by atoms with E-state index in [1.165, 1.54) is 43.2 Å².